The molecule has 0 saturated carbocycles. The highest BCUT2D eigenvalue weighted by Gasteiger charge is 2.27. The summed E-state index contributed by atoms with van der Waals surface area (Å²) in [6, 6.07) is 2.99. The van der Waals surface area contributed by atoms with E-state index in [4.69, 9.17) is 14.2 Å². The van der Waals surface area contributed by atoms with Crippen molar-refractivity contribution in [1.29, 1.82) is 0 Å². The van der Waals surface area contributed by atoms with Crippen molar-refractivity contribution in [1.82, 2.24) is 24.7 Å². The molecule has 0 bridgehead atoms. The van der Waals surface area contributed by atoms with E-state index in [-0.39, 0.29) is 11.5 Å². The summed E-state index contributed by atoms with van der Waals surface area (Å²) in [6.07, 6.45) is 3.80. The number of benzene rings is 1. The molecular formula is C31H46FN5O5S. The Morgan fingerprint density at radius 1 is 1.05 bits per heavy atom. The number of thioether (sulfide) groups is 1. The van der Waals surface area contributed by atoms with Crippen molar-refractivity contribution in [2.75, 3.05) is 72.2 Å². The summed E-state index contributed by atoms with van der Waals surface area (Å²) in [5.41, 5.74) is -0.583. The van der Waals surface area contributed by atoms with Gasteiger partial charge in [0, 0.05) is 69.9 Å². The average Bonchev–Trinajstić information content (AvgIpc) is 2.98. The van der Waals surface area contributed by atoms with Crippen molar-refractivity contribution in [2.24, 2.45) is 5.92 Å². The van der Waals surface area contributed by atoms with Crippen molar-refractivity contribution in [3.8, 4) is 5.75 Å². The average molecular weight is 620 g/mol. The lowest BCUT2D eigenvalue weighted by atomic mass is 9.98. The Kier molecular flexibility index (Phi) is 10.8. The number of ether oxygens (including phenoxy) is 3. The topological polar surface area (TPSA) is 100 Å². The number of carbonyl (C=O) groups excluding carboxylic acids is 1. The molecule has 4 heterocycles. The van der Waals surface area contributed by atoms with E-state index in [9.17, 15) is 14.0 Å². The van der Waals surface area contributed by atoms with Gasteiger partial charge in [0.25, 0.3) is 5.56 Å². The summed E-state index contributed by atoms with van der Waals surface area (Å²) >= 11 is 1.76. The number of nitrogens with zero attached hydrogens (tertiary/aromatic N) is 4. The molecule has 1 N–H and O–H groups in total. The highest BCUT2D eigenvalue weighted by molar-refractivity contribution is 7.99. The molecule has 43 heavy (non-hydrogen) atoms. The number of hydrogen-bond acceptors (Lipinski definition) is 9. The lowest BCUT2D eigenvalue weighted by Crippen LogP contribution is -2.51. The smallest absolute Gasteiger partial charge is 0.410 e. The summed E-state index contributed by atoms with van der Waals surface area (Å²) in [7, 11) is 0. The molecule has 0 atom stereocenters. The van der Waals surface area contributed by atoms with E-state index < -0.39 is 17.0 Å². The minimum atomic E-state index is -0.605. The molecule has 0 radical (unpaired) electrons. The summed E-state index contributed by atoms with van der Waals surface area (Å²) in [5, 5.41) is 0.459. The maximum atomic E-state index is 14.9. The number of H-pyrrole nitrogens is 1. The molecule has 3 aliphatic rings. The number of rotatable bonds is 9. The number of halogens is 1. The standard InChI is InChI=1S/C31H46FN5O5S/c1-31(2,3)42-30(39)37-14-12-36(13-15-37)11-10-35-8-4-22(5-9-35)20-41-23-18-25(32)28-26(19-23)33-27(34-29(28)38)21-43-24-6-16-40-17-7-24/h18-19,22,24H,4-17,20-21H2,1-3H3,(H,33,34,38). The Hall–Kier alpha value is -2.41. The number of likely N-dealkylation sites (tertiary alicyclic amines) is 1. The first kappa shape index (κ1) is 32.0. The monoisotopic (exact) mass is 619 g/mol. The molecule has 3 saturated heterocycles. The second-order valence-corrected chi connectivity index (χ2v) is 14.1. The van der Waals surface area contributed by atoms with Crippen molar-refractivity contribution in [3.63, 3.8) is 0 Å². The first-order valence-electron chi connectivity index (χ1n) is 15.6. The van der Waals surface area contributed by atoms with Gasteiger partial charge >= 0.3 is 6.09 Å². The maximum absolute atomic E-state index is 14.9. The predicted molar refractivity (Wildman–Crippen MR) is 166 cm³/mol. The van der Waals surface area contributed by atoms with Crippen LogP contribution in [0.2, 0.25) is 0 Å². The molecule has 2 aromatic rings. The van der Waals surface area contributed by atoms with Crippen molar-refractivity contribution < 1.29 is 23.4 Å². The number of hydrogen-bond donors (Lipinski definition) is 1. The number of nitrogens with one attached hydrogen (secondary N) is 1. The van der Waals surface area contributed by atoms with Gasteiger partial charge in [0.05, 0.1) is 17.9 Å². The summed E-state index contributed by atoms with van der Waals surface area (Å²) in [6.45, 7) is 14.8. The molecule has 238 valence electrons. The van der Waals surface area contributed by atoms with Gasteiger partial charge in [0.2, 0.25) is 0 Å². The molecule has 0 unspecified atom stereocenters. The lowest BCUT2D eigenvalue weighted by Gasteiger charge is -2.37. The maximum Gasteiger partial charge on any atom is 0.410 e. The number of piperazine rings is 1. The second kappa shape index (κ2) is 14.6. The van der Waals surface area contributed by atoms with E-state index in [1.165, 1.54) is 6.07 Å². The molecule has 1 amide bonds. The third kappa shape index (κ3) is 9.29. The molecule has 3 aliphatic heterocycles. The minimum absolute atomic E-state index is 0.0215. The summed E-state index contributed by atoms with van der Waals surface area (Å²) in [4.78, 5) is 39.0. The van der Waals surface area contributed by atoms with Crippen LogP contribution in [0.5, 0.6) is 5.75 Å². The van der Waals surface area contributed by atoms with Gasteiger partial charge in [-0.1, -0.05) is 0 Å². The zero-order chi connectivity index (χ0) is 30.4. The minimum Gasteiger partial charge on any atom is -0.493 e. The number of piperidine rings is 1. The van der Waals surface area contributed by atoms with E-state index in [0.29, 0.717) is 53.7 Å². The molecule has 3 fully saturated rings. The van der Waals surface area contributed by atoms with Crippen molar-refractivity contribution >= 4 is 28.8 Å². The second-order valence-electron chi connectivity index (χ2n) is 12.8. The predicted octanol–water partition coefficient (Wildman–Crippen LogP) is 4.12. The van der Waals surface area contributed by atoms with Crippen LogP contribution in [0.15, 0.2) is 16.9 Å². The lowest BCUT2D eigenvalue weighted by molar-refractivity contribution is 0.0134. The molecule has 0 spiro atoms. The quantitative estimate of drug-likeness (QED) is 0.445. The zero-order valence-corrected chi connectivity index (χ0v) is 26.6. The normalized spacial score (nSPS) is 20.0. The molecule has 1 aromatic heterocycles. The van der Waals surface area contributed by atoms with Crippen LogP contribution in [0.4, 0.5) is 9.18 Å². The highest BCUT2D eigenvalue weighted by atomic mass is 32.2. The molecule has 1 aromatic carbocycles. The van der Waals surface area contributed by atoms with Crippen LogP contribution in [0, 0.1) is 11.7 Å². The number of aromatic nitrogens is 2. The van der Waals surface area contributed by atoms with E-state index >= 15 is 0 Å². The Morgan fingerprint density at radius 2 is 1.72 bits per heavy atom. The summed E-state index contributed by atoms with van der Waals surface area (Å²) in [5.74, 6) is 1.34. The highest BCUT2D eigenvalue weighted by Crippen LogP contribution is 2.27. The SMILES string of the molecule is CC(C)(C)OC(=O)N1CCN(CCN2CCC(COc3cc(F)c4c(=O)[nH]c(CSC5CCOCC5)nc4c3)CC2)CC1. The van der Waals surface area contributed by atoms with Crippen LogP contribution < -0.4 is 10.3 Å². The number of fused-ring (bicyclic) bond motifs is 1. The molecular weight excluding hydrogens is 573 g/mol. The van der Waals surface area contributed by atoms with E-state index in [2.05, 4.69) is 19.8 Å². The van der Waals surface area contributed by atoms with Gasteiger partial charge in [-0.2, -0.15) is 11.8 Å². The van der Waals surface area contributed by atoms with E-state index in [0.717, 1.165) is 78.2 Å². The number of carbonyl (C=O) groups is 1. The zero-order valence-electron chi connectivity index (χ0n) is 25.7. The number of aromatic amines is 1. The van der Waals surface area contributed by atoms with Gasteiger partial charge in [0.1, 0.15) is 28.4 Å². The Bertz CT molecular complexity index is 1280. The summed E-state index contributed by atoms with van der Waals surface area (Å²) < 4.78 is 31.9. The van der Waals surface area contributed by atoms with Crippen LogP contribution in [-0.2, 0) is 15.2 Å². The third-order valence-electron chi connectivity index (χ3n) is 8.36. The van der Waals surface area contributed by atoms with Crippen LogP contribution in [0.1, 0.15) is 52.3 Å². The van der Waals surface area contributed by atoms with E-state index in [1.54, 1.807) is 22.7 Å². The fourth-order valence-electron chi connectivity index (χ4n) is 5.79. The van der Waals surface area contributed by atoms with E-state index in [1.807, 2.05) is 20.8 Å². The van der Waals surface area contributed by atoms with Crippen molar-refractivity contribution in [3.05, 3.63) is 34.1 Å². The van der Waals surface area contributed by atoms with Gasteiger partial charge in [-0.3, -0.25) is 9.69 Å². The van der Waals surface area contributed by atoms with Crippen LogP contribution in [0.3, 0.4) is 0 Å². The van der Waals surface area contributed by atoms with Gasteiger partial charge in [-0.25, -0.2) is 14.2 Å². The molecule has 5 rings (SSSR count). The third-order valence-corrected chi connectivity index (χ3v) is 9.74. The molecule has 0 aliphatic carbocycles. The number of amides is 1. The van der Waals surface area contributed by atoms with Gasteiger partial charge in [-0.05, 0) is 65.5 Å². The first-order valence-corrected chi connectivity index (χ1v) is 16.6. The van der Waals surface area contributed by atoms with Crippen molar-refractivity contribution in [2.45, 2.75) is 63.1 Å². The largest absolute Gasteiger partial charge is 0.493 e. The Balaban J connectivity index is 1.04. The van der Waals surface area contributed by atoms with Gasteiger partial charge < -0.3 is 29.0 Å². The fourth-order valence-corrected chi connectivity index (χ4v) is 6.85. The first-order chi connectivity index (χ1) is 20.6. The van der Waals surface area contributed by atoms with Crippen LogP contribution in [-0.4, -0.2) is 114 Å². The van der Waals surface area contributed by atoms with Gasteiger partial charge in [-0.15, -0.1) is 0 Å². The molecule has 12 heteroatoms. The molecule has 10 nitrogen and oxygen atoms in total. The van der Waals surface area contributed by atoms with Crippen LogP contribution >= 0.6 is 11.8 Å². The Morgan fingerprint density at radius 3 is 2.40 bits per heavy atom. The fraction of sp³-hybridized carbons (Fsp3) is 0.710. The van der Waals surface area contributed by atoms with Crippen LogP contribution in [0.25, 0.3) is 10.9 Å². The Labute approximate surface area is 257 Å². The van der Waals surface area contributed by atoms with Gasteiger partial charge in [0.15, 0.2) is 0 Å².